The number of benzene rings is 2. The molecule has 0 aromatic heterocycles. The van der Waals surface area contributed by atoms with Gasteiger partial charge in [-0.25, -0.2) is 0 Å². The molecule has 0 aliphatic rings. The van der Waals surface area contributed by atoms with E-state index in [9.17, 15) is 4.79 Å². The highest BCUT2D eigenvalue weighted by Gasteiger charge is 2.09. The summed E-state index contributed by atoms with van der Waals surface area (Å²) in [6.07, 6.45) is 0. The molecule has 0 spiro atoms. The van der Waals surface area contributed by atoms with Crippen LogP contribution in [0.1, 0.15) is 11.1 Å². The molecule has 4 heteroatoms. The minimum Gasteiger partial charge on any atom is -0.497 e. The molecule has 0 saturated carbocycles. The zero-order chi connectivity index (χ0) is 15.8. The largest absolute Gasteiger partial charge is 0.497 e. The molecule has 3 nitrogen and oxygen atoms in total. The summed E-state index contributed by atoms with van der Waals surface area (Å²) in [4.78, 5) is 13.9. The SMILES string of the molecule is COc1ccc(CSCC(=O)N(C)Cc2ccccc2)cc1. The van der Waals surface area contributed by atoms with Crippen molar-refractivity contribution in [3.05, 3.63) is 65.7 Å². The van der Waals surface area contributed by atoms with Gasteiger partial charge in [0.05, 0.1) is 12.9 Å². The van der Waals surface area contributed by atoms with E-state index >= 15 is 0 Å². The molecular formula is C18H21NO2S. The second kappa shape index (κ2) is 8.49. The number of hydrogen-bond acceptors (Lipinski definition) is 3. The van der Waals surface area contributed by atoms with Crippen molar-refractivity contribution in [2.24, 2.45) is 0 Å². The fourth-order valence-corrected chi connectivity index (χ4v) is 2.96. The summed E-state index contributed by atoms with van der Waals surface area (Å²) in [6, 6.07) is 18.0. The molecule has 0 bridgehead atoms. The lowest BCUT2D eigenvalue weighted by molar-refractivity contribution is -0.127. The van der Waals surface area contributed by atoms with Crippen LogP contribution in [0.4, 0.5) is 0 Å². The van der Waals surface area contributed by atoms with Gasteiger partial charge in [0, 0.05) is 19.3 Å². The lowest BCUT2D eigenvalue weighted by atomic mass is 10.2. The third-order valence-corrected chi connectivity index (χ3v) is 4.33. The van der Waals surface area contributed by atoms with Crippen molar-refractivity contribution < 1.29 is 9.53 Å². The third-order valence-electron chi connectivity index (χ3n) is 3.34. The Morgan fingerprint density at radius 2 is 1.73 bits per heavy atom. The van der Waals surface area contributed by atoms with E-state index in [-0.39, 0.29) is 5.91 Å². The molecule has 116 valence electrons. The summed E-state index contributed by atoms with van der Waals surface area (Å²) < 4.78 is 5.13. The monoisotopic (exact) mass is 315 g/mol. The van der Waals surface area contributed by atoms with Crippen LogP contribution in [0.5, 0.6) is 5.75 Å². The molecule has 0 unspecified atom stereocenters. The Labute approximate surface area is 136 Å². The lowest BCUT2D eigenvalue weighted by Gasteiger charge is -2.17. The van der Waals surface area contributed by atoms with Crippen LogP contribution >= 0.6 is 11.8 Å². The van der Waals surface area contributed by atoms with E-state index in [0.29, 0.717) is 12.3 Å². The molecule has 0 aliphatic heterocycles. The lowest BCUT2D eigenvalue weighted by Crippen LogP contribution is -2.27. The molecule has 0 radical (unpaired) electrons. The standard InChI is InChI=1S/C18H21NO2S/c1-19(12-15-6-4-3-5-7-15)18(20)14-22-13-16-8-10-17(21-2)11-9-16/h3-11H,12-14H2,1-2H3. The Morgan fingerprint density at radius 3 is 2.36 bits per heavy atom. The Morgan fingerprint density at radius 1 is 1.05 bits per heavy atom. The maximum absolute atomic E-state index is 12.1. The van der Waals surface area contributed by atoms with E-state index in [1.165, 1.54) is 5.56 Å². The maximum atomic E-state index is 12.1. The van der Waals surface area contributed by atoms with Crippen molar-refractivity contribution in [2.45, 2.75) is 12.3 Å². The number of methoxy groups -OCH3 is 1. The summed E-state index contributed by atoms with van der Waals surface area (Å²) in [6.45, 7) is 0.656. The molecule has 1 amide bonds. The predicted molar refractivity (Wildman–Crippen MR) is 92.1 cm³/mol. The molecule has 0 N–H and O–H groups in total. The fraction of sp³-hybridized carbons (Fsp3) is 0.278. The van der Waals surface area contributed by atoms with Gasteiger partial charge in [0.15, 0.2) is 0 Å². The highest BCUT2D eigenvalue weighted by atomic mass is 32.2. The molecule has 0 saturated heterocycles. The van der Waals surface area contributed by atoms with Crippen LogP contribution in [0, 0.1) is 0 Å². The summed E-state index contributed by atoms with van der Waals surface area (Å²) in [5, 5.41) is 0. The number of carbonyl (C=O) groups is 1. The highest BCUT2D eigenvalue weighted by molar-refractivity contribution is 7.99. The van der Waals surface area contributed by atoms with E-state index in [2.05, 4.69) is 0 Å². The molecule has 2 rings (SSSR count). The number of hydrogen-bond donors (Lipinski definition) is 0. The Hall–Kier alpha value is -1.94. The normalized spacial score (nSPS) is 10.3. The van der Waals surface area contributed by atoms with Gasteiger partial charge in [-0.3, -0.25) is 4.79 Å². The quantitative estimate of drug-likeness (QED) is 0.782. The van der Waals surface area contributed by atoms with Crippen LogP contribution in [0.15, 0.2) is 54.6 Å². The van der Waals surface area contributed by atoms with E-state index in [0.717, 1.165) is 17.1 Å². The smallest absolute Gasteiger partial charge is 0.232 e. The highest BCUT2D eigenvalue weighted by Crippen LogP contribution is 2.17. The van der Waals surface area contributed by atoms with Gasteiger partial charge in [-0.1, -0.05) is 42.5 Å². The number of rotatable bonds is 7. The molecule has 0 heterocycles. The number of thioether (sulfide) groups is 1. The zero-order valence-electron chi connectivity index (χ0n) is 13.0. The second-order valence-electron chi connectivity index (χ2n) is 5.08. The van der Waals surface area contributed by atoms with Crippen LogP contribution in [-0.2, 0) is 17.1 Å². The zero-order valence-corrected chi connectivity index (χ0v) is 13.8. The van der Waals surface area contributed by atoms with Gasteiger partial charge >= 0.3 is 0 Å². The average Bonchev–Trinajstić information content (AvgIpc) is 2.56. The minimum absolute atomic E-state index is 0.155. The van der Waals surface area contributed by atoms with Gasteiger partial charge in [0.2, 0.25) is 5.91 Å². The number of carbonyl (C=O) groups excluding carboxylic acids is 1. The minimum atomic E-state index is 0.155. The van der Waals surface area contributed by atoms with Gasteiger partial charge in [0.1, 0.15) is 5.75 Å². The van der Waals surface area contributed by atoms with Gasteiger partial charge < -0.3 is 9.64 Å². The first-order valence-electron chi connectivity index (χ1n) is 7.17. The van der Waals surface area contributed by atoms with Crippen molar-refractivity contribution in [1.29, 1.82) is 0 Å². The summed E-state index contributed by atoms with van der Waals surface area (Å²) >= 11 is 1.63. The van der Waals surface area contributed by atoms with Crippen molar-refractivity contribution in [1.82, 2.24) is 4.90 Å². The molecule has 2 aromatic rings. The van der Waals surface area contributed by atoms with Crippen LogP contribution in [0.3, 0.4) is 0 Å². The van der Waals surface area contributed by atoms with Crippen molar-refractivity contribution in [2.75, 3.05) is 19.9 Å². The van der Waals surface area contributed by atoms with Crippen molar-refractivity contribution >= 4 is 17.7 Å². The first-order chi connectivity index (χ1) is 10.7. The number of ether oxygens (including phenoxy) is 1. The van der Waals surface area contributed by atoms with E-state index in [1.54, 1.807) is 23.8 Å². The second-order valence-corrected chi connectivity index (χ2v) is 6.06. The molecule has 0 fully saturated rings. The number of nitrogens with zero attached hydrogens (tertiary/aromatic N) is 1. The Balaban J connectivity index is 1.74. The van der Waals surface area contributed by atoms with Gasteiger partial charge in [-0.05, 0) is 23.3 Å². The molecule has 2 aromatic carbocycles. The average molecular weight is 315 g/mol. The first-order valence-corrected chi connectivity index (χ1v) is 8.33. The predicted octanol–water partition coefficient (Wildman–Crippen LogP) is 3.59. The van der Waals surface area contributed by atoms with Crippen LogP contribution < -0.4 is 4.74 Å². The van der Waals surface area contributed by atoms with E-state index < -0.39 is 0 Å². The summed E-state index contributed by atoms with van der Waals surface area (Å²) in [7, 11) is 3.51. The maximum Gasteiger partial charge on any atom is 0.232 e. The first kappa shape index (κ1) is 16.4. The van der Waals surface area contributed by atoms with Crippen LogP contribution in [0.2, 0.25) is 0 Å². The Bertz CT molecular complexity index is 584. The molecule has 0 aliphatic carbocycles. The topological polar surface area (TPSA) is 29.5 Å². The van der Waals surface area contributed by atoms with E-state index in [4.69, 9.17) is 4.74 Å². The third kappa shape index (κ3) is 5.11. The van der Waals surface area contributed by atoms with E-state index in [1.807, 2.05) is 61.6 Å². The molecule has 22 heavy (non-hydrogen) atoms. The van der Waals surface area contributed by atoms with Gasteiger partial charge in [0.25, 0.3) is 0 Å². The Kier molecular flexibility index (Phi) is 6.34. The fourth-order valence-electron chi connectivity index (χ4n) is 2.03. The van der Waals surface area contributed by atoms with Crippen molar-refractivity contribution in [3.8, 4) is 5.75 Å². The van der Waals surface area contributed by atoms with Gasteiger partial charge in [-0.15, -0.1) is 11.8 Å². The van der Waals surface area contributed by atoms with Gasteiger partial charge in [-0.2, -0.15) is 0 Å². The molecular weight excluding hydrogens is 294 g/mol. The number of amides is 1. The van der Waals surface area contributed by atoms with Crippen LogP contribution in [-0.4, -0.2) is 30.7 Å². The van der Waals surface area contributed by atoms with Crippen molar-refractivity contribution in [3.63, 3.8) is 0 Å². The summed E-state index contributed by atoms with van der Waals surface area (Å²) in [5.74, 6) is 2.33. The summed E-state index contributed by atoms with van der Waals surface area (Å²) in [5.41, 5.74) is 2.35. The molecule has 0 atom stereocenters. The van der Waals surface area contributed by atoms with Crippen LogP contribution in [0.25, 0.3) is 0 Å².